The number of likely N-dealkylation sites (tertiary alicyclic amines) is 2. The van der Waals surface area contributed by atoms with Crippen LogP contribution in [-0.2, 0) is 20.3 Å². The van der Waals surface area contributed by atoms with Crippen molar-refractivity contribution >= 4 is 50.9 Å². The summed E-state index contributed by atoms with van der Waals surface area (Å²) in [4.78, 5) is 59.0. The molecule has 3 heterocycles. The minimum Gasteiger partial charge on any atom is -0.341 e. The fourth-order valence-corrected chi connectivity index (χ4v) is 6.19. The van der Waals surface area contributed by atoms with Crippen LogP contribution >= 0.6 is 27.3 Å². The predicted octanol–water partition coefficient (Wildman–Crippen LogP) is 2.79. The van der Waals surface area contributed by atoms with Crippen molar-refractivity contribution in [3.8, 4) is 0 Å². The number of aromatic nitrogens is 1. The highest BCUT2D eigenvalue weighted by atomic mass is 79.9. The van der Waals surface area contributed by atoms with Crippen molar-refractivity contribution in [2.24, 2.45) is 22.7 Å². The van der Waals surface area contributed by atoms with Gasteiger partial charge in [0, 0.05) is 47.5 Å². The molecule has 1 aliphatic carbocycles. The maximum atomic E-state index is 14.7. The second-order valence-electron chi connectivity index (χ2n) is 10.9. The molecule has 2 aliphatic heterocycles. The molecule has 1 spiro atoms. The fourth-order valence-electron chi connectivity index (χ4n) is 5.34. The number of hydrazine groups is 1. The molecule has 9 nitrogen and oxygen atoms in total. The number of nitrogens with one attached hydrogen (secondary N) is 2. The monoisotopic (exact) mass is 609 g/mol. The van der Waals surface area contributed by atoms with Gasteiger partial charge in [-0.15, -0.1) is 11.3 Å². The molecular formula is C25H26BrF2N5O4S. The molecule has 1 aromatic heterocycles. The lowest BCUT2D eigenvalue weighted by Crippen LogP contribution is -2.65. The quantitative estimate of drug-likeness (QED) is 0.506. The van der Waals surface area contributed by atoms with E-state index in [1.54, 1.807) is 4.90 Å². The molecule has 38 heavy (non-hydrogen) atoms. The van der Waals surface area contributed by atoms with Gasteiger partial charge in [-0.25, -0.2) is 0 Å². The van der Waals surface area contributed by atoms with E-state index in [1.165, 1.54) is 40.1 Å². The van der Waals surface area contributed by atoms with E-state index >= 15 is 0 Å². The van der Waals surface area contributed by atoms with Crippen molar-refractivity contribution in [1.29, 1.82) is 0 Å². The smallest absolute Gasteiger partial charge is 0.341 e. The maximum absolute atomic E-state index is 14.7. The summed E-state index contributed by atoms with van der Waals surface area (Å²) in [6.45, 7) is 4.84. The van der Waals surface area contributed by atoms with Crippen molar-refractivity contribution in [2.75, 3.05) is 26.2 Å². The van der Waals surface area contributed by atoms with E-state index < -0.39 is 34.6 Å². The van der Waals surface area contributed by atoms with Crippen LogP contribution in [0.1, 0.15) is 35.5 Å². The molecule has 202 valence electrons. The second-order valence-corrected chi connectivity index (χ2v) is 12.7. The Morgan fingerprint density at radius 2 is 1.68 bits per heavy atom. The van der Waals surface area contributed by atoms with E-state index in [0.29, 0.717) is 9.35 Å². The molecule has 0 radical (unpaired) electrons. The maximum Gasteiger partial charge on any atom is 0.351 e. The number of amides is 4. The Kier molecular flexibility index (Phi) is 6.57. The fraction of sp³-hybridized carbons (Fsp3) is 0.480. The molecule has 4 amide bonds. The van der Waals surface area contributed by atoms with Crippen LogP contribution in [0.5, 0.6) is 0 Å². The molecule has 1 saturated carbocycles. The van der Waals surface area contributed by atoms with Gasteiger partial charge in [-0.2, -0.15) is 8.78 Å². The van der Waals surface area contributed by atoms with Crippen LogP contribution in [-0.4, -0.2) is 64.6 Å². The molecule has 2 aromatic rings. The zero-order chi connectivity index (χ0) is 27.5. The zero-order valence-electron chi connectivity index (χ0n) is 20.7. The third-order valence-electron chi connectivity index (χ3n) is 7.82. The summed E-state index contributed by atoms with van der Waals surface area (Å²) >= 11 is 4.33. The Morgan fingerprint density at radius 3 is 2.26 bits per heavy atom. The molecule has 2 N–H and O–H groups in total. The zero-order valence-corrected chi connectivity index (χ0v) is 23.1. The summed E-state index contributed by atoms with van der Waals surface area (Å²) in [5, 5.41) is 0. The average molecular weight is 610 g/mol. The lowest BCUT2D eigenvalue weighted by molar-refractivity contribution is -0.154. The first kappa shape index (κ1) is 26.7. The van der Waals surface area contributed by atoms with E-state index in [1.807, 2.05) is 19.3 Å². The average Bonchev–Trinajstić information content (AvgIpc) is 3.25. The summed E-state index contributed by atoms with van der Waals surface area (Å²) < 4.78 is 29.9. The number of carbonyl (C=O) groups is 4. The normalized spacial score (nSPS) is 23.1. The summed E-state index contributed by atoms with van der Waals surface area (Å²) in [5.41, 5.74) is 4.21. The van der Waals surface area contributed by atoms with Crippen LogP contribution in [0.3, 0.4) is 0 Å². The van der Waals surface area contributed by atoms with Gasteiger partial charge in [-0.3, -0.25) is 35.0 Å². The van der Waals surface area contributed by atoms with Crippen molar-refractivity contribution in [3.63, 3.8) is 0 Å². The molecule has 5 rings (SSSR count). The number of benzene rings is 1. The molecule has 13 heteroatoms. The van der Waals surface area contributed by atoms with E-state index in [0.717, 1.165) is 18.6 Å². The predicted molar refractivity (Wildman–Crippen MR) is 137 cm³/mol. The highest BCUT2D eigenvalue weighted by molar-refractivity contribution is 9.10. The van der Waals surface area contributed by atoms with Gasteiger partial charge in [0.2, 0.25) is 11.8 Å². The number of halogens is 3. The first-order valence-electron chi connectivity index (χ1n) is 12.0. The molecule has 2 saturated heterocycles. The topological polar surface area (TPSA) is 112 Å². The van der Waals surface area contributed by atoms with Crippen LogP contribution in [0.2, 0.25) is 0 Å². The van der Waals surface area contributed by atoms with Gasteiger partial charge < -0.3 is 9.80 Å². The third-order valence-corrected chi connectivity index (χ3v) is 9.11. The molecule has 0 bridgehead atoms. The Morgan fingerprint density at radius 1 is 1.05 bits per heavy atom. The number of hydrogen-bond acceptors (Lipinski definition) is 6. The van der Waals surface area contributed by atoms with Gasteiger partial charge in [-0.1, -0.05) is 41.9 Å². The van der Waals surface area contributed by atoms with Gasteiger partial charge in [0.05, 0.1) is 17.6 Å². The Labute approximate surface area is 230 Å². The number of thiazole rings is 1. The molecule has 3 aliphatic rings. The largest absolute Gasteiger partial charge is 0.351 e. The number of nitrogens with zero attached hydrogens (tertiary/aromatic N) is 3. The van der Waals surface area contributed by atoms with Crippen molar-refractivity contribution < 1.29 is 28.0 Å². The summed E-state index contributed by atoms with van der Waals surface area (Å²) in [6, 6.07) is 5.00. The minimum absolute atomic E-state index is 0.0226. The third kappa shape index (κ3) is 4.70. The van der Waals surface area contributed by atoms with Crippen LogP contribution < -0.4 is 10.9 Å². The van der Waals surface area contributed by atoms with Gasteiger partial charge in [0.1, 0.15) is 4.88 Å². The van der Waals surface area contributed by atoms with E-state index in [-0.39, 0.29) is 49.3 Å². The van der Waals surface area contributed by atoms with Crippen molar-refractivity contribution in [1.82, 2.24) is 25.6 Å². The number of carbonyl (C=O) groups excluding carboxylic acids is 4. The van der Waals surface area contributed by atoms with Crippen molar-refractivity contribution in [3.05, 3.63) is 50.9 Å². The molecule has 2 atom stereocenters. The van der Waals surface area contributed by atoms with E-state index in [2.05, 4.69) is 26.3 Å². The minimum atomic E-state index is -3.88. The summed E-state index contributed by atoms with van der Waals surface area (Å²) in [7, 11) is 0. The first-order valence-corrected chi connectivity index (χ1v) is 13.7. The van der Waals surface area contributed by atoms with E-state index in [4.69, 9.17) is 0 Å². The molecule has 1 aromatic carbocycles. The van der Waals surface area contributed by atoms with Crippen LogP contribution in [0.15, 0.2) is 40.4 Å². The Hall–Kier alpha value is -2.93. The molecule has 3 fully saturated rings. The number of alkyl halides is 2. The highest BCUT2D eigenvalue weighted by Crippen LogP contribution is 2.54. The van der Waals surface area contributed by atoms with Gasteiger partial charge in [0.25, 0.3) is 5.91 Å². The van der Waals surface area contributed by atoms with Gasteiger partial charge in [-0.05, 0) is 24.0 Å². The standard InChI is InChI=1S/C25H26BrF2N5O4S/c1-23(2)7-16(23)20(35)33-11-24(12-33)10-32(21(36)18-8-29-13-38-18)9-17(24)19(34)30-31-22(37)25(27,28)14-3-5-15(26)6-4-14/h3-6,8,13,16-17H,7,9-12H2,1-2H3,(H,30,34)(H,31,37)/t16-,17?/m1/s1. The van der Waals surface area contributed by atoms with Gasteiger partial charge >= 0.3 is 11.8 Å². The Balaban J connectivity index is 1.28. The van der Waals surface area contributed by atoms with Crippen LogP contribution in [0, 0.1) is 22.7 Å². The number of rotatable bonds is 5. The lowest BCUT2D eigenvalue weighted by Gasteiger charge is -2.50. The Bertz CT molecular complexity index is 1280. The SMILES string of the molecule is CC1(C)C[C@@H]1C(=O)N1CC2(CN(C(=O)c3cncs3)CC2C(=O)NNC(=O)C(F)(F)c2ccc(Br)cc2)C1. The number of hydrogen-bond donors (Lipinski definition) is 2. The van der Waals surface area contributed by atoms with Crippen LogP contribution in [0.4, 0.5) is 8.78 Å². The summed E-state index contributed by atoms with van der Waals surface area (Å²) in [6.07, 6.45) is 2.25. The van der Waals surface area contributed by atoms with Crippen molar-refractivity contribution in [2.45, 2.75) is 26.2 Å². The first-order chi connectivity index (χ1) is 17.8. The second kappa shape index (κ2) is 9.37. The van der Waals surface area contributed by atoms with Gasteiger partial charge in [0.15, 0.2) is 0 Å². The summed E-state index contributed by atoms with van der Waals surface area (Å²) in [5.74, 6) is -7.40. The highest BCUT2D eigenvalue weighted by Gasteiger charge is 2.62. The van der Waals surface area contributed by atoms with Crippen LogP contribution in [0.25, 0.3) is 0 Å². The van der Waals surface area contributed by atoms with E-state index in [9.17, 15) is 28.0 Å². The molecular weight excluding hydrogens is 584 g/mol. The molecule has 1 unspecified atom stereocenters. The lowest BCUT2D eigenvalue weighted by atomic mass is 9.71.